The fourth-order valence-corrected chi connectivity index (χ4v) is 3.48. The van der Waals surface area contributed by atoms with Gasteiger partial charge in [-0.2, -0.15) is 5.10 Å². The van der Waals surface area contributed by atoms with E-state index in [4.69, 9.17) is 4.74 Å². The summed E-state index contributed by atoms with van der Waals surface area (Å²) in [5, 5.41) is 8.14. The van der Waals surface area contributed by atoms with Crippen molar-refractivity contribution in [2.45, 2.75) is 20.4 Å². The first-order chi connectivity index (χ1) is 14.5. The second kappa shape index (κ2) is 7.98. The molecule has 0 bridgehead atoms. The van der Waals surface area contributed by atoms with E-state index in [1.54, 1.807) is 48.5 Å². The Labute approximate surface area is 173 Å². The summed E-state index contributed by atoms with van der Waals surface area (Å²) in [6.45, 7) is 5.07. The van der Waals surface area contributed by atoms with E-state index < -0.39 is 12.0 Å². The number of carbonyl (C=O) groups is 2. The number of hydrogen-bond acceptors (Lipinski definition) is 5. The number of para-hydroxylation sites is 2. The van der Waals surface area contributed by atoms with Crippen LogP contribution < -0.4 is 15.8 Å². The molecule has 3 aromatic rings. The van der Waals surface area contributed by atoms with Crippen LogP contribution in [0.4, 0.5) is 16.2 Å². The molecule has 1 aliphatic rings. The van der Waals surface area contributed by atoms with E-state index >= 15 is 0 Å². The van der Waals surface area contributed by atoms with Crippen molar-refractivity contribution >= 4 is 34.1 Å². The molecule has 4 rings (SSSR count). The zero-order valence-corrected chi connectivity index (χ0v) is 16.8. The van der Waals surface area contributed by atoms with Crippen LogP contribution in [0.2, 0.25) is 0 Å². The number of carbonyl (C=O) groups excluding carboxylic acids is 2. The molecule has 1 N–H and O–H groups in total. The van der Waals surface area contributed by atoms with Gasteiger partial charge in [0.1, 0.15) is 6.61 Å². The highest BCUT2D eigenvalue weighted by Crippen LogP contribution is 2.28. The number of aromatic nitrogens is 2. The fourth-order valence-electron chi connectivity index (χ4n) is 3.48. The summed E-state index contributed by atoms with van der Waals surface area (Å²) in [7, 11) is 0. The monoisotopic (exact) mass is 406 g/mol. The SMILES string of the molecule is CC(C)Cn1nc(C(=O)Nc2ccccc2N2CCOC2=O)c2ccccc2c1=O. The van der Waals surface area contributed by atoms with Crippen LogP contribution in [0.25, 0.3) is 10.8 Å². The molecule has 0 saturated carbocycles. The number of fused-ring (bicyclic) bond motifs is 1. The zero-order valence-electron chi connectivity index (χ0n) is 16.8. The molecule has 8 nitrogen and oxygen atoms in total. The molecule has 0 radical (unpaired) electrons. The maximum absolute atomic E-state index is 13.2. The first kappa shape index (κ1) is 19.6. The second-order valence-electron chi connectivity index (χ2n) is 7.51. The van der Waals surface area contributed by atoms with Gasteiger partial charge in [0, 0.05) is 11.9 Å². The molecule has 1 saturated heterocycles. The van der Waals surface area contributed by atoms with E-state index in [2.05, 4.69) is 10.4 Å². The van der Waals surface area contributed by atoms with Crippen LogP contribution in [-0.4, -0.2) is 34.9 Å². The lowest BCUT2D eigenvalue weighted by atomic mass is 10.1. The molecular formula is C22H22N4O4. The number of nitrogens with one attached hydrogen (secondary N) is 1. The van der Waals surface area contributed by atoms with Crippen LogP contribution in [0.15, 0.2) is 53.3 Å². The van der Waals surface area contributed by atoms with Gasteiger partial charge in [-0.1, -0.05) is 44.2 Å². The van der Waals surface area contributed by atoms with Crippen molar-refractivity contribution in [1.29, 1.82) is 0 Å². The highest BCUT2D eigenvalue weighted by atomic mass is 16.6. The van der Waals surface area contributed by atoms with Gasteiger partial charge >= 0.3 is 6.09 Å². The molecular weight excluding hydrogens is 384 g/mol. The Kier molecular flexibility index (Phi) is 5.22. The Bertz CT molecular complexity index is 1190. The van der Waals surface area contributed by atoms with E-state index in [-0.39, 0.29) is 17.2 Å². The second-order valence-corrected chi connectivity index (χ2v) is 7.51. The standard InChI is InChI=1S/C22H22N4O4/c1-14(2)13-26-21(28)16-8-4-3-7-15(16)19(24-26)20(27)23-17-9-5-6-10-18(17)25-11-12-30-22(25)29/h3-10,14H,11-13H2,1-2H3,(H,23,27). The molecule has 0 unspecified atom stereocenters. The van der Waals surface area contributed by atoms with Gasteiger partial charge in [0.2, 0.25) is 0 Å². The van der Waals surface area contributed by atoms with Gasteiger partial charge in [-0.3, -0.25) is 14.5 Å². The van der Waals surface area contributed by atoms with E-state index in [9.17, 15) is 14.4 Å². The normalized spacial score (nSPS) is 13.7. The van der Waals surface area contributed by atoms with E-state index in [0.717, 1.165) is 0 Å². The minimum atomic E-state index is -0.455. The van der Waals surface area contributed by atoms with Gasteiger partial charge in [0.25, 0.3) is 11.5 Å². The molecule has 30 heavy (non-hydrogen) atoms. The molecule has 0 spiro atoms. The Morgan fingerprint density at radius 1 is 1.10 bits per heavy atom. The molecule has 2 heterocycles. The van der Waals surface area contributed by atoms with Crippen molar-refractivity contribution in [2.24, 2.45) is 5.92 Å². The number of rotatable bonds is 5. The number of benzene rings is 2. The summed E-state index contributed by atoms with van der Waals surface area (Å²) in [5.41, 5.74) is 0.947. The minimum Gasteiger partial charge on any atom is -0.447 e. The molecule has 2 aromatic carbocycles. The number of amides is 2. The molecule has 0 aliphatic carbocycles. The summed E-state index contributed by atoms with van der Waals surface area (Å²) in [5.74, 6) is -0.266. The third kappa shape index (κ3) is 3.63. The molecule has 1 fully saturated rings. The van der Waals surface area contributed by atoms with Crippen molar-refractivity contribution in [3.63, 3.8) is 0 Å². The van der Waals surface area contributed by atoms with Crippen molar-refractivity contribution in [2.75, 3.05) is 23.4 Å². The Morgan fingerprint density at radius 3 is 2.50 bits per heavy atom. The van der Waals surface area contributed by atoms with Gasteiger partial charge in [-0.05, 0) is 24.1 Å². The topological polar surface area (TPSA) is 93.5 Å². The highest BCUT2D eigenvalue weighted by Gasteiger charge is 2.26. The van der Waals surface area contributed by atoms with Gasteiger partial charge in [-0.25, -0.2) is 9.48 Å². The summed E-state index contributed by atoms with van der Waals surface area (Å²) < 4.78 is 6.35. The maximum Gasteiger partial charge on any atom is 0.414 e. The van der Waals surface area contributed by atoms with Crippen molar-refractivity contribution in [1.82, 2.24) is 9.78 Å². The van der Waals surface area contributed by atoms with Gasteiger partial charge in [0.15, 0.2) is 5.69 Å². The first-order valence-electron chi connectivity index (χ1n) is 9.80. The van der Waals surface area contributed by atoms with Crippen LogP contribution in [0.3, 0.4) is 0 Å². The van der Waals surface area contributed by atoms with E-state index in [1.165, 1.54) is 9.58 Å². The average Bonchev–Trinajstić information content (AvgIpc) is 3.16. The van der Waals surface area contributed by atoms with Crippen molar-refractivity contribution < 1.29 is 14.3 Å². The molecule has 1 aromatic heterocycles. The van der Waals surface area contributed by atoms with Gasteiger partial charge < -0.3 is 10.1 Å². The Balaban J connectivity index is 1.75. The van der Waals surface area contributed by atoms with Crippen molar-refractivity contribution in [3.8, 4) is 0 Å². The molecule has 8 heteroatoms. The third-order valence-electron chi connectivity index (χ3n) is 4.82. The Hall–Kier alpha value is -3.68. The van der Waals surface area contributed by atoms with Crippen LogP contribution in [-0.2, 0) is 11.3 Å². The zero-order chi connectivity index (χ0) is 21.3. The quantitative estimate of drug-likeness (QED) is 0.702. The number of cyclic esters (lactones) is 1. The minimum absolute atomic E-state index is 0.157. The van der Waals surface area contributed by atoms with Crippen LogP contribution in [0, 0.1) is 5.92 Å². The molecule has 154 valence electrons. The molecule has 1 aliphatic heterocycles. The lowest BCUT2D eigenvalue weighted by Gasteiger charge is -2.18. The van der Waals surface area contributed by atoms with Crippen LogP contribution in [0.5, 0.6) is 0 Å². The van der Waals surface area contributed by atoms with Gasteiger partial charge in [-0.15, -0.1) is 0 Å². The predicted octanol–water partition coefficient (Wildman–Crippen LogP) is 3.26. The van der Waals surface area contributed by atoms with Crippen LogP contribution in [0.1, 0.15) is 24.3 Å². The maximum atomic E-state index is 13.2. The number of nitrogens with zero attached hydrogens (tertiary/aromatic N) is 3. The Morgan fingerprint density at radius 2 is 1.80 bits per heavy atom. The number of anilines is 2. The predicted molar refractivity (Wildman–Crippen MR) is 114 cm³/mol. The summed E-state index contributed by atoms with van der Waals surface area (Å²) >= 11 is 0. The summed E-state index contributed by atoms with van der Waals surface area (Å²) in [4.78, 5) is 39.4. The van der Waals surface area contributed by atoms with Crippen molar-refractivity contribution in [3.05, 3.63) is 64.6 Å². The third-order valence-corrected chi connectivity index (χ3v) is 4.82. The lowest BCUT2D eigenvalue weighted by molar-refractivity contribution is 0.102. The average molecular weight is 406 g/mol. The molecule has 0 atom stereocenters. The molecule has 2 amide bonds. The number of ether oxygens (including phenoxy) is 1. The smallest absolute Gasteiger partial charge is 0.414 e. The fraction of sp³-hybridized carbons (Fsp3) is 0.273. The first-order valence-corrected chi connectivity index (χ1v) is 9.80. The van der Waals surface area contributed by atoms with Gasteiger partial charge in [0.05, 0.1) is 23.3 Å². The summed E-state index contributed by atoms with van der Waals surface area (Å²) in [6.07, 6.45) is -0.453. The van der Waals surface area contributed by atoms with E-state index in [0.29, 0.717) is 41.8 Å². The van der Waals surface area contributed by atoms with Crippen LogP contribution >= 0.6 is 0 Å². The largest absolute Gasteiger partial charge is 0.447 e. The number of hydrogen-bond donors (Lipinski definition) is 1. The highest BCUT2D eigenvalue weighted by molar-refractivity contribution is 6.12. The lowest BCUT2D eigenvalue weighted by Crippen LogP contribution is -2.29. The summed E-state index contributed by atoms with van der Waals surface area (Å²) in [6, 6.07) is 13.9. The van der Waals surface area contributed by atoms with E-state index in [1.807, 2.05) is 13.8 Å².